The predicted molar refractivity (Wildman–Crippen MR) is 121 cm³/mol. The number of carbonyl (C=O) groups is 2. The Kier molecular flexibility index (Phi) is 6.42. The maximum absolute atomic E-state index is 13.4. The lowest BCUT2D eigenvalue weighted by Crippen LogP contribution is -2.62. The summed E-state index contributed by atoms with van der Waals surface area (Å²) in [6, 6.07) is 18.3. The van der Waals surface area contributed by atoms with Crippen LogP contribution >= 0.6 is 0 Å². The van der Waals surface area contributed by atoms with E-state index in [-0.39, 0.29) is 17.7 Å². The van der Waals surface area contributed by atoms with Crippen LogP contribution in [0.1, 0.15) is 32.3 Å². The molecule has 0 radical (unpaired) electrons. The number of benzene rings is 2. The Balaban J connectivity index is 1.65. The maximum atomic E-state index is 13.4. The zero-order valence-corrected chi connectivity index (χ0v) is 18.5. The van der Waals surface area contributed by atoms with Crippen LogP contribution in [0.4, 0.5) is 0 Å². The molecule has 3 unspecified atom stereocenters. The lowest BCUT2D eigenvalue weighted by atomic mass is 9.87. The van der Waals surface area contributed by atoms with E-state index >= 15 is 0 Å². The second-order valence-electron chi connectivity index (χ2n) is 8.88. The third-order valence-corrected chi connectivity index (χ3v) is 6.45. The first-order valence-electron chi connectivity index (χ1n) is 11.4. The van der Waals surface area contributed by atoms with Gasteiger partial charge in [-0.2, -0.15) is 0 Å². The van der Waals surface area contributed by atoms with Crippen LogP contribution in [0.3, 0.4) is 0 Å². The van der Waals surface area contributed by atoms with Gasteiger partial charge in [-0.1, -0.05) is 68.4 Å². The van der Waals surface area contributed by atoms with Gasteiger partial charge in [-0.05, 0) is 35.4 Å². The van der Waals surface area contributed by atoms with E-state index in [1.54, 1.807) is 0 Å². The minimum absolute atomic E-state index is 0.103. The fourth-order valence-electron chi connectivity index (χ4n) is 4.48. The number of morpholine rings is 1. The zero-order valence-electron chi connectivity index (χ0n) is 18.5. The Morgan fingerprint density at radius 3 is 2.55 bits per heavy atom. The minimum atomic E-state index is -1.08. The first-order chi connectivity index (χ1) is 15.0. The molecule has 0 bridgehead atoms. The van der Waals surface area contributed by atoms with E-state index in [2.05, 4.69) is 36.5 Å². The molecule has 1 aliphatic heterocycles. The van der Waals surface area contributed by atoms with E-state index in [4.69, 9.17) is 4.74 Å². The van der Waals surface area contributed by atoms with E-state index in [0.717, 1.165) is 29.5 Å². The van der Waals surface area contributed by atoms with Gasteiger partial charge in [0.25, 0.3) is 5.91 Å². The molecule has 0 aromatic heterocycles. The van der Waals surface area contributed by atoms with Gasteiger partial charge >= 0.3 is 0 Å². The SMILES string of the molecule is CCCNC(=O)C1(Cc2ccccc2-c2ccccc2)CN(C(=O)C2CC2C)CCO1. The number of carbonyl (C=O) groups excluding carboxylic acids is 2. The van der Waals surface area contributed by atoms with Crippen LogP contribution in [0.2, 0.25) is 0 Å². The summed E-state index contributed by atoms with van der Waals surface area (Å²) in [5, 5.41) is 3.03. The van der Waals surface area contributed by atoms with Gasteiger partial charge < -0.3 is 15.0 Å². The predicted octanol–water partition coefficient (Wildman–Crippen LogP) is 3.68. The van der Waals surface area contributed by atoms with E-state index < -0.39 is 5.60 Å². The van der Waals surface area contributed by atoms with Gasteiger partial charge in [-0.3, -0.25) is 9.59 Å². The molecule has 3 atom stereocenters. The molecule has 1 aliphatic carbocycles. The van der Waals surface area contributed by atoms with Crippen LogP contribution in [0.25, 0.3) is 11.1 Å². The highest BCUT2D eigenvalue weighted by atomic mass is 16.5. The molecule has 1 saturated carbocycles. The number of hydrogen-bond acceptors (Lipinski definition) is 3. The molecule has 0 spiro atoms. The van der Waals surface area contributed by atoms with Gasteiger partial charge in [-0.15, -0.1) is 0 Å². The third-order valence-electron chi connectivity index (χ3n) is 6.45. The smallest absolute Gasteiger partial charge is 0.254 e. The van der Waals surface area contributed by atoms with Crippen molar-refractivity contribution in [3.8, 4) is 11.1 Å². The first-order valence-corrected chi connectivity index (χ1v) is 11.4. The van der Waals surface area contributed by atoms with Gasteiger partial charge in [0.15, 0.2) is 5.60 Å². The Hall–Kier alpha value is -2.66. The van der Waals surface area contributed by atoms with E-state index in [0.29, 0.717) is 38.6 Å². The van der Waals surface area contributed by atoms with Gasteiger partial charge in [-0.25, -0.2) is 0 Å². The summed E-state index contributed by atoms with van der Waals surface area (Å²) >= 11 is 0. The van der Waals surface area contributed by atoms with Gasteiger partial charge in [0, 0.05) is 25.4 Å². The molecule has 31 heavy (non-hydrogen) atoms. The topological polar surface area (TPSA) is 58.6 Å². The third kappa shape index (κ3) is 4.67. The number of nitrogens with zero attached hydrogens (tertiary/aromatic N) is 1. The highest BCUT2D eigenvalue weighted by Gasteiger charge is 2.49. The normalized spacial score (nSPS) is 25.2. The molecule has 4 rings (SSSR count). The fraction of sp³-hybridized carbons (Fsp3) is 0.462. The van der Waals surface area contributed by atoms with Crippen molar-refractivity contribution in [2.75, 3.05) is 26.2 Å². The maximum Gasteiger partial charge on any atom is 0.254 e. The van der Waals surface area contributed by atoms with Crippen molar-refractivity contribution in [3.05, 3.63) is 60.2 Å². The summed E-state index contributed by atoms with van der Waals surface area (Å²) in [6.45, 7) is 5.96. The Morgan fingerprint density at radius 2 is 1.84 bits per heavy atom. The summed E-state index contributed by atoms with van der Waals surface area (Å²) in [5.74, 6) is 0.585. The Morgan fingerprint density at radius 1 is 1.13 bits per heavy atom. The number of ether oxygens (including phenoxy) is 1. The zero-order chi connectivity index (χ0) is 21.8. The summed E-state index contributed by atoms with van der Waals surface area (Å²) in [4.78, 5) is 28.2. The first kappa shape index (κ1) is 21.6. The van der Waals surface area contributed by atoms with Crippen LogP contribution in [0, 0.1) is 11.8 Å². The molecule has 1 N–H and O–H groups in total. The molecule has 2 aliphatic rings. The van der Waals surface area contributed by atoms with Crippen LogP contribution in [-0.4, -0.2) is 48.6 Å². The monoisotopic (exact) mass is 420 g/mol. The second kappa shape index (κ2) is 9.23. The van der Waals surface area contributed by atoms with Crippen LogP contribution in [-0.2, 0) is 20.7 Å². The number of nitrogens with one attached hydrogen (secondary N) is 1. The minimum Gasteiger partial charge on any atom is -0.361 e. The average Bonchev–Trinajstić information content (AvgIpc) is 3.54. The molecular weight excluding hydrogens is 388 g/mol. The van der Waals surface area contributed by atoms with Crippen molar-refractivity contribution in [1.82, 2.24) is 10.2 Å². The Labute approximate surface area is 184 Å². The quantitative estimate of drug-likeness (QED) is 0.743. The molecule has 5 heteroatoms. The van der Waals surface area contributed by atoms with Gasteiger partial charge in [0.2, 0.25) is 5.91 Å². The van der Waals surface area contributed by atoms with Crippen LogP contribution in [0.15, 0.2) is 54.6 Å². The molecule has 2 aromatic carbocycles. The lowest BCUT2D eigenvalue weighted by Gasteiger charge is -2.42. The molecule has 1 heterocycles. The summed E-state index contributed by atoms with van der Waals surface area (Å²) < 4.78 is 6.22. The summed E-state index contributed by atoms with van der Waals surface area (Å²) in [5.41, 5.74) is 2.17. The number of amides is 2. The molecule has 164 valence electrons. The largest absolute Gasteiger partial charge is 0.361 e. The average molecular weight is 421 g/mol. The van der Waals surface area contributed by atoms with Crippen LogP contribution in [0.5, 0.6) is 0 Å². The van der Waals surface area contributed by atoms with Crippen molar-refractivity contribution in [1.29, 1.82) is 0 Å². The van der Waals surface area contributed by atoms with Crippen molar-refractivity contribution >= 4 is 11.8 Å². The number of hydrogen-bond donors (Lipinski definition) is 1. The molecule has 2 aromatic rings. The van der Waals surface area contributed by atoms with Crippen LogP contribution < -0.4 is 5.32 Å². The van der Waals surface area contributed by atoms with Gasteiger partial charge in [0.05, 0.1) is 13.2 Å². The lowest BCUT2D eigenvalue weighted by molar-refractivity contribution is -0.166. The van der Waals surface area contributed by atoms with Gasteiger partial charge in [0.1, 0.15) is 0 Å². The molecule has 2 fully saturated rings. The van der Waals surface area contributed by atoms with E-state index in [1.165, 1.54) is 0 Å². The molecule has 2 amide bonds. The second-order valence-corrected chi connectivity index (χ2v) is 8.88. The fourth-order valence-corrected chi connectivity index (χ4v) is 4.48. The van der Waals surface area contributed by atoms with Crippen molar-refractivity contribution in [2.24, 2.45) is 11.8 Å². The van der Waals surface area contributed by atoms with Crippen molar-refractivity contribution in [2.45, 2.75) is 38.7 Å². The number of rotatable bonds is 7. The molecule has 5 nitrogen and oxygen atoms in total. The standard InChI is InChI=1S/C26H32N2O3/c1-3-13-27-25(30)26(18-28(14-15-31-26)24(29)23-16-19(23)2)17-21-11-7-8-12-22(21)20-9-5-4-6-10-20/h4-12,19,23H,3,13-18H2,1-2H3,(H,27,30). The highest BCUT2D eigenvalue weighted by Crippen LogP contribution is 2.40. The molecular formula is C26H32N2O3. The highest BCUT2D eigenvalue weighted by molar-refractivity contribution is 5.88. The molecule has 1 saturated heterocycles. The van der Waals surface area contributed by atoms with E-state index in [1.807, 2.05) is 42.2 Å². The van der Waals surface area contributed by atoms with Crippen molar-refractivity contribution < 1.29 is 14.3 Å². The summed E-state index contributed by atoms with van der Waals surface area (Å²) in [7, 11) is 0. The van der Waals surface area contributed by atoms with Crippen molar-refractivity contribution in [3.63, 3.8) is 0 Å². The summed E-state index contributed by atoms with van der Waals surface area (Å²) in [6.07, 6.45) is 2.23. The van der Waals surface area contributed by atoms with E-state index in [9.17, 15) is 9.59 Å². The Bertz CT molecular complexity index is 929.